The lowest BCUT2D eigenvalue weighted by molar-refractivity contribution is -0.137. The molecule has 2 nitrogen and oxygen atoms in total. The van der Waals surface area contributed by atoms with Gasteiger partial charge in [0.2, 0.25) is 0 Å². The lowest BCUT2D eigenvalue weighted by atomic mass is 10.1. The topological polar surface area (TPSA) is 26.3 Å². The molecule has 1 aromatic carbocycles. The summed E-state index contributed by atoms with van der Waals surface area (Å²) in [6.45, 7) is 2.16. The lowest BCUT2D eigenvalue weighted by Crippen LogP contribution is -2.01. The molecule has 0 saturated heterocycles. The van der Waals surface area contributed by atoms with Crippen molar-refractivity contribution in [1.82, 2.24) is 0 Å². The van der Waals surface area contributed by atoms with Crippen LogP contribution in [0.3, 0.4) is 0 Å². The maximum absolute atomic E-state index is 11.3. The summed E-state index contributed by atoms with van der Waals surface area (Å²) in [5.41, 5.74) is 1.82. The predicted octanol–water partition coefficient (Wildman–Crippen LogP) is 3.68. The second kappa shape index (κ2) is 6.71. The van der Waals surface area contributed by atoms with Gasteiger partial charge in [-0.3, -0.25) is 0 Å². The van der Waals surface area contributed by atoms with Gasteiger partial charge in [-0.25, -0.2) is 4.79 Å². The van der Waals surface area contributed by atoms with E-state index in [-0.39, 0.29) is 5.97 Å². The van der Waals surface area contributed by atoms with Crippen LogP contribution in [-0.2, 0) is 9.53 Å². The number of allylic oxidation sites excluding steroid dienone is 1. The Hall–Kier alpha value is -0.800. The fraction of sp³-hybridized carbons (Fsp3) is 0.250. The normalized spacial score (nSPS) is 11.3. The summed E-state index contributed by atoms with van der Waals surface area (Å²) < 4.78 is 4.86. The number of hydrogen-bond acceptors (Lipinski definition) is 2. The third-order valence-electron chi connectivity index (χ3n) is 1.94. The number of ether oxygens (including phenoxy) is 1. The van der Waals surface area contributed by atoms with Gasteiger partial charge < -0.3 is 4.74 Å². The quantitative estimate of drug-likeness (QED) is 0.482. The first-order chi connectivity index (χ1) is 7.67. The second-order valence-electron chi connectivity index (χ2n) is 3.06. The van der Waals surface area contributed by atoms with Gasteiger partial charge >= 0.3 is 5.97 Å². The standard InChI is InChI=1S/C12H12BrClO2/c1-2-16-12(15)7-10(8-13)9-3-5-11(14)6-4-9/h3-7H,2,8H2,1H3/b10-7-. The molecule has 0 spiro atoms. The summed E-state index contributed by atoms with van der Waals surface area (Å²) >= 11 is 9.13. The molecule has 0 saturated carbocycles. The van der Waals surface area contributed by atoms with Gasteiger partial charge in [0.15, 0.2) is 0 Å². The minimum atomic E-state index is -0.327. The first-order valence-corrected chi connectivity index (χ1v) is 6.36. The molecule has 0 N–H and O–H groups in total. The number of benzene rings is 1. The summed E-state index contributed by atoms with van der Waals surface area (Å²) in [5.74, 6) is -0.327. The number of rotatable bonds is 4. The molecule has 0 fully saturated rings. The van der Waals surface area contributed by atoms with Gasteiger partial charge in [-0.15, -0.1) is 0 Å². The molecule has 86 valence electrons. The summed E-state index contributed by atoms with van der Waals surface area (Å²) in [7, 11) is 0. The first kappa shape index (κ1) is 13.3. The van der Waals surface area contributed by atoms with Crippen LogP contribution in [0.4, 0.5) is 0 Å². The minimum Gasteiger partial charge on any atom is -0.463 e. The van der Waals surface area contributed by atoms with Crippen molar-refractivity contribution >= 4 is 39.1 Å². The van der Waals surface area contributed by atoms with E-state index in [1.54, 1.807) is 19.1 Å². The zero-order chi connectivity index (χ0) is 12.0. The zero-order valence-electron chi connectivity index (χ0n) is 8.87. The van der Waals surface area contributed by atoms with Crippen molar-refractivity contribution in [3.63, 3.8) is 0 Å². The number of esters is 1. The molecule has 1 aromatic rings. The number of hydrogen-bond donors (Lipinski definition) is 0. The Kier molecular flexibility index (Phi) is 5.56. The van der Waals surface area contributed by atoms with Gasteiger partial charge in [-0.1, -0.05) is 39.7 Å². The highest BCUT2D eigenvalue weighted by Crippen LogP contribution is 2.19. The summed E-state index contributed by atoms with van der Waals surface area (Å²) in [6, 6.07) is 7.32. The van der Waals surface area contributed by atoms with Gasteiger partial charge in [0.1, 0.15) is 0 Å². The van der Waals surface area contributed by atoms with E-state index >= 15 is 0 Å². The summed E-state index contributed by atoms with van der Waals surface area (Å²) in [4.78, 5) is 11.3. The van der Waals surface area contributed by atoms with Gasteiger partial charge in [-0.2, -0.15) is 0 Å². The van der Waals surface area contributed by atoms with Crippen molar-refractivity contribution in [3.8, 4) is 0 Å². The highest BCUT2D eigenvalue weighted by Gasteiger charge is 2.04. The largest absolute Gasteiger partial charge is 0.463 e. The van der Waals surface area contributed by atoms with Crippen molar-refractivity contribution in [2.24, 2.45) is 0 Å². The molecule has 0 radical (unpaired) electrons. The number of alkyl halides is 1. The van der Waals surface area contributed by atoms with Crippen molar-refractivity contribution in [2.45, 2.75) is 6.92 Å². The average Bonchev–Trinajstić information content (AvgIpc) is 2.27. The maximum atomic E-state index is 11.3. The van der Waals surface area contributed by atoms with Crippen LogP contribution in [-0.4, -0.2) is 17.9 Å². The molecule has 0 atom stereocenters. The maximum Gasteiger partial charge on any atom is 0.331 e. The second-order valence-corrected chi connectivity index (χ2v) is 4.06. The van der Waals surface area contributed by atoms with E-state index in [0.29, 0.717) is 17.0 Å². The Balaban J connectivity index is 2.89. The van der Waals surface area contributed by atoms with Crippen LogP contribution in [0.25, 0.3) is 5.57 Å². The fourth-order valence-corrected chi connectivity index (χ4v) is 1.80. The molecule has 1 rings (SSSR count). The summed E-state index contributed by atoms with van der Waals surface area (Å²) in [6.07, 6.45) is 1.49. The third kappa shape index (κ3) is 3.99. The predicted molar refractivity (Wildman–Crippen MR) is 69.9 cm³/mol. The van der Waals surface area contributed by atoms with Crippen molar-refractivity contribution in [3.05, 3.63) is 40.9 Å². The van der Waals surface area contributed by atoms with Crippen LogP contribution in [0.5, 0.6) is 0 Å². The van der Waals surface area contributed by atoms with E-state index in [9.17, 15) is 4.79 Å². The van der Waals surface area contributed by atoms with Gasteiger partial charge in [0.25, 0.3) is 0 Å². The average molecular weight is 304 g/mol. The van der Waals surface area contributed by atoms with E-state index in [1.807, 2.05) is 12.1 Å². The fourth-order valence-electron chi connectivity index (χ4n) is 1.19. The molecule has 0 amide bonds. The molecule has 0 bridgehead atoms. The van der Waals surface area contributed by atoms with Crippen LogP contribution < -0.4 is 0 Å². The molecule has 0 aliphatic heterocycles. The Morgan fingerprint density at radius 3 is 2.56 bits per heavy atom. The first-order valence-electron chi connectivity index (χ1n) is 4.86. The molecule has 0 unspecified atom stereocenters. The molecule has 4 heteroatoms. The highest BCUT2D eigenvalue weighted by atomic mass is 79.9. The SMILES string of the molecule is CCOC(=O)/C=C(/CBr)c1ccc(Cl)cc1. The summed E-state index contributed by atoms with van der Waals surface area (Å²) in [5, 5.41) is 1.27. The van der Waals surface area contributed by atoms with Crippen molar-refractivity contribution < 1.29 is 9.53 Å². The van der Waals surface area contributed by atoms with Gasteiger partial charge in [-0.05, 0) is 30.2 Å². The smallest absolute Gasteiger partial charge is 0.331 e. The lowest BCUT2D eigenvalue weighted by Gasteiger charge is -2.04. The van der Waals surface area contributed by atoms with Crippen LogP contribution >= 0.6 is 27.5 Å². The van der Waals surface area contributed by atoms with Crippen molar-refractivity contribution in [1.29, 1.82) is 0 Å². The number of halogens is 2. The van der Waals surface area contributed by atoms with Crippen molar-refractivity contribution in [2.75, 3.05) is 11.9 Å². The third-order valence-corrected chi connectivity index (χ3v) is 2.79. The monoisotopic (exact) mass is 302 g/mol. The number of carbonyl (C=O) groups is 1. The van der Waals surface area contributed by atoms with E-state index in [0.717, 1.165) is 11.1 Å². The molecule has 16 heavy (non-hydrogen) atoms. The molecule has 0 aliphatic carbocycles. The van der Waals surface area contributed by atoms with E-state index in [4.69, 9.17) is 16.3 Å². The van der Waals surface area contributed by atoms with E-state index in [2.05, 4.69) is 15.9 Å². The Morgan fingerprint density at radius 2 is 2.06 bits per heavy atom. The van der Waals surface area contributed by atoms with E-state index < -0.39 is 0 Å². The molecule has 0 aliphatic rings. The molecular weight excluding hydrogens is 291 g/mol. The van der Waals surface area contributed by atoms with Gasteiger partial charge in [0.05, 0.1) is 6.61 Å². The Morgan fingerprint density at radius 1 is 1.44 bits per heavy atom. The zero-order valence-corrected chi connectivity index (χ0v) is 11.2. The van der Waals surface area contributed by atoms with E-state index in [1.165, 1.54) is 6.08 Å². The molecular formula is C12H12BrClO2. The Bertz CT molecular complexity index is 385. The van der Waals surface area contributed by atoms with Crippen LogP contribution in [0.15, 0.2) is 30.3 Å². The minimum absolute atomic E-state index is 0.327. The van der Waals surface area contributed by atoms with Gasteiger partial charge in [0, 0.05) is 16.4 Å². The van der Waals surface area contributed by atoms with Crippen LogP contribution in [0.1, 0.15) is 12.5 Å². The molecule has 0 heterocycles. The Labute approximate surface area is 108 Å². The van der Waals surface area contributed by atoms with Crippen LogP contribution in [0, 0.1) is 0 Å². The van der Waals surface area contributed by atoms with Crippen LogP contribution in [0.2, 0.25) is 5.02 Å². The number of carbonyl (C=O) groups excluding carboxylic acids is 1. The molecule has 0 aromatic heterocycles. The highest BCUT2D eigenvalue weighted by molar-refractivity contribution is 9.09.